The van der Waals surface area contributed by atoms with Crippen LogP contribution in [0.15, 0.2) is 48.5 Å². The summed E-state index contributed by atoms with van der Waals surface area (Å²) in [5, 5.41) is 11.7. The number of likely N-dealkylation sites (N-methyl/N-ethyl adjacent to an activating group) is 1. The Labute approximate surface area is 200 Å². The molecule has 7 nitrogen and oxygen atoms in total. The Morgan fingerprint density at radius 1 is 1.06 bits per heavy atom. The number of amides is 2. The average molecular weight is 465 g/mol. The Morgan fingerprint density at radius 3 is 2.26 bits per heavy atom. The zero-order valence-corrected chi connectivity index (χ0v) is 19.5. The monoisotopic (exact) mass is 464 g/mol. The van der Waals surface area contributed by atoms with Gasteiger partial charge in [-0.3, -0.25) is 9.59 Å². The fourth-order valence-corrected chi connectivity index (χ4v) is 4.71. The molecule has 0 radical (unpaired) electrons. The van der Waals surface area contributed by atoms with Crippen molar-refractivity contribution in [3.63, 3.8) is 0 Å². The van der Waals surface area contributed by atoms with E-state index in [0.717, 1.165) is 41.0 Å². The van der Waals surface area contributed by atoms with Gasteiger partial charge in [0.25, 0.3) is 0 Å². The van der Waals surface area contributed by atoms with Crippen molar-refractivity contribution in [2.24, 2.45) is 5.92 Å². The number of alkyl carbamates (subject to hydrolysis) is 1. The quantitative estimate of drug-likeness (QED) is 0.514. The minimum atomic E-state index is -1.01. The highest BCUT2D eigenvalue weighted by Gasteiger charge is 2.30. The first-order valence-electron chi connectivity index (χ1n) is 12.0. The van der Waals surface area contributed by atoms with E-state index in [1.807, 2.05) is 36.4 Å². The van der Waals surface area contributed by atoms with Gasteiger partial charge in [-0.1, -0.05) is 61.4 Å². The number of hydrogen-bond donors (Lipinski definition) is 2. The maximum atomic E-state index is 12.9. The molecule has 0 spiro atoms. The lowest BCUT2D eigenvalue weighted by atomic mass is 9.98. The second kappa shape index (κ2) is 10.7. The van der Waals surface area contributed by atoms with Gasteiger partial charge in [0.15, 0.2) is 0 Å². The normalized spacial score (nSPS) is 15.2. The van der Waals surface area contributed by atoms with Gasteiger partial charge in [-0.05, 0) is 47.4 Å². The largest absolute Gasteiger partial charge is 0.481 e. The number of rotatable bonds is 11. The maximum absolute atomic E-state index is 12.9. The lowest BCUT2D eigenvalue weighted by Crippen LogP contribution is -2.48. The molecule has 7 heteroatoms. The molecule has 2 aromatic carbocycles. The van der Waals surface area contributed by atoms with E-state index < -0.39 is 18.1 Å². The van der Waals surface area contributed by atoms with Gasteiger partial charge in [0.2, 0.25) is 5.91 Å². The number of ether oxygens (including phenoxy) is 1. The zero-order valence-electron chi connectivity index (χ0n) is 19.5. The summed E-state index contributed by atoms with van der Waals surface area (Å²) in [7, 11) is 1.70. The molecule has 0 aromatic heterocycles. The number of carboxylic acid groups (broad SMARTS) is 1. The minimum Gasteiger partial charge on any atom is -0.481 e. The molecule has 1 unspecified atom stereocenters. The first kappa shape index (κ1) is 23.8. The Bertz CT molecular complexity index is 1000. The van der Waals surface area contributed by atoms with Gasteiger partial charge < -0.3 is 20.1 Å². The molecule has 4 rings (SSSR count). The Kier molecular flexibility index (Phi) is 7.50. The molecule has 0 saturated heterocycles. The summed E-state index contributed by atoms with van der Waals surface area (Å²) in [6.45, 7) is 0.724. The van der Waals surface area contributed by atoms with Crippen LogP contribution in [0.5, 0.6) is 0 Å². The van der Waals surface area contributed by atoms with Crippen molar-refractivity contribution in [3.05, 3.63) is 59.7 Å². The van der Waals surface area contributed by atoms with Crippen molar-refractivity contribution in [3.8, 4) is 11.1 Å². The number of fused-ring (bicyclic) bond motifs is 3. The van der Waals surface area contributed by atoms with Crippen LogP contribution in [0.25, 0.3) is 11.1 Å². The fraction of sp³-hybridized carbons (Fsp3) is 0.444. The molecule has 1 fully saturated rings. The topological polar surface area (TPSA) is 95.9 Å². The average Bonchev–Trinajstić information content (AvgIpc) is 3.60. The van der Waals surface area contributed by atoms with Crippen molar-refractivity contribution in [1.29, 1.82) is 0 Å². The van der Waals surface area contributed by atoms with Crippen LogP contribution in [0.1, 0.15) is 55.6 Å². The molecule has 2 aliphatic rings. The van der Waals surface area contributed by atoms with E-state index in [2.05, 4.69) is 17.4 Å². The number of carboxylic acids is 1. The fourth-order valence-electron chi connectivity index (χ4n) is 4.71. The van der Waals surface area contributed by atoms with Gasteiger partial charge >= 0.3 is 12.1 Å². The van der Waals surface area contributed by atoms with Crippen molar-refractivity contribution < 1.29 is 24.2 Å². The highest BCUT2D eigenvalue weighted by molar-refractivity contribution is 5.86. The standard InChI is InChI=1S/C27H32N2O5/c1-29(16-6-7-18-12-13-18)26(32)24(14-15-25(30)31)28-27(33)34-17-23-21-10-4-2-8-19(21)20-9-3-5-11-22(20)23/h2-5,8-11,18,23-24H,6-7,12-17H2,1H3,(H,28,33)(H,30,31). The second-order valence-electron chi connectivity index (χ2n) is 9.30. The smallest absolute Gasteiger partial charge is 0.407 e. The number of carbonyl (C=O) groups excluding carboxylic acids is 2. The molecule has 2 N–H and O–H groups in total. The van der Waals surface area contributed by atoms with Gasteiger partial charge in [-0.25, -0.2) is 4.79 Å². The molecule has 180 valence electrons. The molecule has 2 aliphatic carbocycles. The Hall–Kier alpha value is -3.35. The van der Waals surface area contributed by atoms with Crippen LogP contribution in [-0.2, 0) is 14.3 Å². The van der Waals surface area contributed by atoms with Crippen LogP contribution >= 0.6 is 0 Å². The number of nitrogens with zero attached hydrogens (tertiary/aromatic N) is 1. The number of hydrogen-bond acceptors (Lipinski definition) is 4. The molecule has 0 aliphatic heterocycles. The highest BCUT2D eigenvalue weighted by atomic mass is 16.5. The summed E-state index contributed by atoms with van der Waals surface area (Å²) in [5.41, 5.74) is 4.47. The lowest BCUT2D eigenvalue weighted by Gasteiger charge is -2.24. The van der Waals surface area contributed by atoms with E-state index in [1.54, 1.807) is 11.9 Å². The molecular formula is C27H32N2O5. The van der Waals surface area contributed by atoms with Crippen molar-refractivity contribution in [2.45, 2.75) is 50.5 Å². The van der Waals surface area contributed by atoms with Gasteiger partial charge in [-0.15, -0.1) is 0 Å². The third kappa shape index (κ3) is 5.76. The summed E-state index contributed by atoms with van der Waals surface area (Å²) in [6.07, 6.45) is 3.63. The first-order chi connectivity index (χ1) is 16.4. The molecule has 34 heavy (non-hydrogen) atoms. The van der Waals surface area contributed by atoms with E-state index in [1.165, 1.54) is 12.8 Å². The Morgan fingerprint density at radius 2 is 1.68 bits per heavy atom. The first-order valence-corrected chi connectivity index (χ1v) is 12.0. The highest BCUT2D eigenvalue weighted by Crippen LogP contribution is 2.44. The van der Waals surface area contributed by atoms with Crippen LogP contribution in [-0.4, -0.2) is 54.2 Å². The zero-order chi connectivity index (χ0) is 24.1. The SMILES string of the molecule is CN(CCCC1CC1)C(=O)C(CCC(=O)O)NC(=O)OCC1c2ccccc2-c2ccccc21. The van der Waals surface area contributed by atoms with Gasteiger partial charge in [0.05, 0.1) is 0 Å². The number of nitrogens with one attached hydrogen (secondary N) is 1. The minimum absolute atomic E-state index is 0.0192. The van der Waals surface area contributed by atoms with Crippen molar-refractivity contribution in [2.75, 3.05) is 20.2 Å². The molecule has 2 amide bonds. The van der Waals surface area contributed by atoms with Crippen LogP contribution in [0.4, 0.5) is 4.79 Å². The summed E-state index contributed by atoms with van der Waals surface area (Å²) in [4.78, 5) is 38.3. The third-order valence-corrected chi connectivity index (χ3v) is 6.76. The van der Waals surface area contributed by atoms with E-state index in [4.69, 9.17) is 9.84 Å². The van der Waals surface area contributed by atoms with Crippen molar-refractivity contribution in [1.82, 2.24) is 10.2 Å². The second-order valence-corrected chi connectivity index (χ2v) is 9.30. The van der Waals surface area contributed by atoms with Gasteiger partial charge in [0.1, 0.15) is 12.6 Å². The molecule has 2 aromatic rings. The Balaban J connectivity index is 1.36. The predicted molar refractivity (Wildman–Crippen MR) is 128 cm³/mol. The van der Waals surface area contributed by atoms with E-state index in [0.29, 0.717) is 6.54 Å². The van der Waals surface area contributed by atoms with Crippen LogP contribution < -0.4 is 5.32 Å². The van der Waals surface area contributed by atoms with Gasteiger partial charge in [0, 0.05) is 25.9 Å². The molecule has 1 saturated carbocycles. The molecular weight excluding hydrogens is 432 g/mol. The van der Waals surface area contributed by atoms with E-state index >= 15 is 0 Å². The molecule has 0 bridgehead atoms. The maximum Gasteiger partial charge on any atom is 0.407 e. The lowest BCUT2D eigenvalue weighted by molar-refractivity contribution is -0.137. The number of carbonyl (C=O) groups is 3. The number of aliphatic carboxylic acids is 1. The molecule has 0 heterocycles. The van der Waals surface area contributed by atoms with E-state index in [9.17, 15) is 14.4 Å². The summed E-state index contributed by atoms with van der Waals surface area (Å²) >= 11 is 0. The third-order valence-electron chi connectivity index (χ3n) is 6.76. The summed E-state index contributed by atoms with van der Waals surface area (Å²) in [6, 6.07) is 15.2. The van der Waals surface area contributed by atoms with Crippen molar-refractivity contribution >= 4 is 18.0 Å². The van der Waals surface area contributed by atoms with Gasteiger partial charge in [-0.2, -0.15) is 0 Å². The summed E-state index contributed by atoms with van der Waals surface area (Å²) < 4.78 is 5.56. The van der Waals surface area contributed by atoms with Crippen LogP contribution in [0, 0.1) is 5.92 Å². The predicted octanol–water partition coefficient (Wildman–Crippen LogP) is 4.41. The van der Waals surface area contributed by atoms with Crippen LogP contribution in [0.2, 0.25) is 0 Å². The summed E-state index contributed by atoms with van der Waals surface area (Å²) in [5.74, 6) is -0.601. The molecule has 1 atom stereocenters. The van der Waals surface area contributed by atoms with Crippen LogP contribution in [0.3, 0.4) is 0 Å². The van der Waals surface area contributed by atoms with E-state index in [-0.39, 0.29) is 31.3 Å². The number of benzene rings is 2.